The van der Waals surface area contributed by atoms with Crippen molar-refractivity contribution in [2.45, 2.75) is 31.3 Å². The van der Waals surface area contributed by atoms with E-state index in [-0.39, 0.29) is 0 Å². The van der Waals surface area contributed by atoms with Crippen LogP contribution < -0.4 is 0 Å². The third-order valence-electron chi connectivity index (χ3n) is 1.82. The number of nitrogens with zero attached hydrogens (tertiary/aromatic N) is 1. The molecule has 1 fully saturated rings. The van der Waals surface area contributed by atoms with Crippen molar-refractivity contribution < 1.29 is 4.84 Å². The summed E-state index contributed by atoms with van der Waals surface area (Å²) in [6.07, 6.45) is 1.03. The van der Waals surface area contributed by atoms with Gasteiger partial charge in [0.2, 0.25) is 0 Å². The molecule has 0 amide bonds. The lowest BCUT2D eigenvalue weighted by atomic mass is 10.2. The molecule has 0 aromatic rings. The van der Waals surface area contributed by atoms with Crippen LogP contribution in [-0.2, 0) is 4.84 Å². The van der Waals surface area contributed by atoms with Crippen LogP contribution >= 0.6 is 23.5 Å². The van der Waals surface area contributed by atoms with E-state index in [1.54, 1.807) is 0 Å². The van der Waals surface area contributed by atoms with Gasteiger partial charge in [-0.15, -0.1) is 23.5 Å². The predicted octanol–water partition coefficient (Wildman–Crippen LogP) is 2.99. The SMILES string of the molecule is CCO/N=C(\C)CC1(C)SCCS1. The first-order valence-electron chi connectivity index (χ1n) is 4.59. The lowest BCUT2D eigenvalue weighted by Gasteiger charge is -2.20. The van der Waals surface area contributed by atoms with E-state index < -0.39 is 0 Å². The van der Waals surface area contributed by atoms with E-state index in [4.69, 9.17) is 4.84 Å². The maximum Gasteiger partial charge on any atom is 0.114 e. The van der Waals surface area contributed by atoms with E-state index in [2.05, 4.69) is 12.1 Å². The van der Waals surface area contributed by atoms with Gasteiger partial charge in [0, 0.05) is 17.9 Å². The molecule has 0 N–H and O–H groups in total. The Morgan fingerprint density at radius 1 is 1.46 bits per heavy atom. The molecule has 4 heteroatoms. The minimum atomic E-state index is 0.338. The fourth-order valence-corrected chi connectivity index (χ4v) is 4.32. The van der Waals surface area contributed by atoms with Crippen molar-refractivity contribution in [1.82, 2.24) is 0 Å². The van der Waals surface area contributed by atoms with E-state index in [1.807, 2.05) is 37.4 Å². The highest BCUT2D eigenvalue weighted by atomic mass is 32.2. The van der Waals surface area contributed by atoms with E-state index in [9.17, 15) is 0 Å². The second-order valence-electron chi connectivity index (χ2n) is 3.25. The molecule has 1 heterocycles. The maximum atomic E-state index is 5.02. The fraction of sp³-hybridized carbons (Fsp3) is 0.889. The van der Waals surface area contributed by atoms with Crippen molar-refractivity contribution in [1.29, 1.82) is 0 Å². The normalized spacial score (nSPS) is 21.9. The Labute approximate surface area is 88.9 Å². The summed E-state index contributed by atoms with van der Waals surface area (Å²) in [4.78, 5) is 5.02. The van der Waals surface area contributed by atoms with Crippen molar-refractivity contribution in [3.63, 3.8) is 0 Å². The number of hydrogen-bond acceptors (Lipinski definition) is 4. The van der Waals surface area contributed by atoms with Gasteiger partial charge in [0.15, 0.2) is 0 Å². The van der Waals surface area contributed by atoms with Gasteiger partial charge in [-0.25, -0.2) is 0 Å². The third-order valence-corrected chi connectivity index (χ3v) is 5.12. The molecule has 1 aliphatic heterocycles. The summed E-state index contributed by atoms with van der Waals surface area (Å²) in [5.41, 5.74) is 1.10. The van der Waals surface area contributed by atoms with Crippen LogP contribution in [0.3, 0.4) is 0 Å². The van der Waals surface area contributed by atoms with Gasteiger partial charge in [0.25, 0.3) is 0 Å². The van der Waals surface area contributed by atoms with Crippen molar-refractivity contribution in [3.05, 3.63) is 0 Å². The van der Waals surface area contributed by atoms with Crippen LogP contribution in [0, 0.1) is 0 Å². The van der Waals surface area contributed by atoms with Gasteiger partial charge in [0.05, 0.1) is 9.79 Å². The van der Waals surface area contributed by atoms with Crippen LogP contribution in [0.2, 0.25) is 0 Å². The molecule has 0 unspecified atom stereocenters. The Morgan fingerprint density at radius 3 is 2.62 bits per heavy atom. The molecule has 0 radical (unpaired) electrons. The summed E-state index contributed by atoms with van der Waals surface area (Å²) in [6, 6.07) is 0. The van der Waals surface area contributed by atoms with Crippen LogP contribution in [0.15, 0.2) is 5.16 Å². The van der Waals surface area contributed by atoms with E-state index in [0.29, 0.717) is 10.7 Å². The first-order chi connectivity index (χ1) is 6.16. The minimum absolute atomic E-state index is 0.338. The predicted molar refractivity (Wildman–Crippen MR) is 62.7 cm³/mol. The Morgan fingerprint density at radius 2 is 2.08 bits per heavy atom. The van der Waals surface area contributed by atoms with Crippen molar-refractivity contribution in [2.75, 3.05) is 18.1 Å². The van der Waals surface area contributed by atoms with E-state index in [1.165, 1.54) is 11.5 Å². The van der Waals surface area contributed by atoms with Crippen LogP contribution in [0.25, 0.3) is 0 Å². The van der Waals surface area contributed by atoms with E-state index in [0.717, 1.165) is 12.1 Å². The van der Waals surface area contributed by atoms with Gasteiger partial charge in [-0.1, -0.05) is 5.16 Å². The molecule has 1 rings (SSSR count). The molecule has 0 bridgehead atoms. The second-order valence-corrected chi connectivity index (χ2v) is 6.71. The summed E-state index contributed by atoms with van der Waals surface area (Å²) in [6.45, 7) is 6.95. The van der Waals surface area contributed by atoms with Crippen LogP contribution in [0.4, 0.5) is 0 Å². The Balaban J connectivity index is 2.37. The molecule has 2 nitrogen and oxygen atoms in total. The van der Waals surface area contributed by atoms with Gasteiger partial charge >= 0.3 is 0 Å². The number of thioether (sulfide) groups is 2. The molecule has 76 valence electrons. The highest BCUT2D eigenvalue weighted by Crippen LogP contribution is 2.46. The summed E-state index contributed by atoms with van der Waals surface area (Å²) in [5, 5.41) is 4.04. The molecule has 0 aromatic carbocycles. The molecular weight excluding hydrogens is 202 g/mol. The zero-order valence-electron chi connectivity index (χ0n) is 8.50. The Hall–Kier alpha value is 0.170. The summed E-state index contributed by atoms with van der Waals surface area (Å²) >= 11 is 4.07. The molecule has 0 saturated carbocycles. The minimum Gasteiger partial charge on any atom is -0.396 e. The van der Waals surface area contributed by atoms with Crippen LogP contribution in [-0.4, -0.2) is 27.9 Å². The monoisotopic (exact) mass is 219 g/mol. The Bertz CT molecular complexity index is 188. The van der Waals surface area contributed by atoms with Gasteiger partial charge in [-0.05, 0) is 20.8 Å². The molecule has 1 saturated heterocycles. The zero-order chi connectivity index (χ0) is 9.73. The van der Waals surface area contributed by atoms with E-state index >= 15 is 0 Å². The molecular formula is C9H17NOS2. The lowest BCUT2D eigenvalue weighted by Crippen LogP contribution is -2.15. The molecule has 0 spiro atoms. The number of hydrogen-bond donors (Lipinski definition) is 0. The zero-order valence-corrected chi connectivity index (χ0v) is 10.1. The Kier molecular flexibility index (Phi) is 4.46. The third kappa shape index (κ3) is 3.81. The topological polar surface area (TPSA) is 21.6 Å². The number of rotatable bonds is 4. The molecule has 0 aromatic heterocycles. The molecule has 0 atom stereocenters. The van der Waals surface area contributed by atoms with Gasteiger partial charge in [-0.3, -0.25) is 0 Å². The summed E-state index contributed by atoms with van der Waals surface area (Å²) in [7, 11) is 0. The van der Waals surface area contributed by atoms with Crippen molar-refractivity contribution in [3.8, 4) is 0 Å². The summed E-state index contributed by atoms with van der Waals surface area (Å²) < 4.78 is 0.338. The largest absolute Gasteiger partial charge is 0.396 e. The van der Waals surface area contributed by atoms with Gasteiger partial charge in [-0.2, -0.15) is 0 Å². The first-order valence-corrected chi connectivity index (χ1v) is 6.57. The molecule has 0 aliphatic carbocycles. The maximum absolute atomic E-state index is 5.02. The first kappa shape index (κ1) is 11.2. The van der Waals surface area contributed by atoms with Crippen molar-refractivity contribution >= 4 is 29.2 Å². The molecule has 1 aliphatic rings. The van der Waals surface area contributed by atoms with Crippen LogP contribution in [0.1, 0.15) is 27.2 Å². The van der Waals surface area contributed by atoms with Crippen LogP contribution in [0.5, 0.6) is 0 Å². The highest BCUT2D eigenvalue weighted by Gasteiger charge is 2.30. The molecule has 13 heavy (non-hydrogen) atoms. The second kappa shape index (κ2) is 5.15. The summed E-state index contributed by atoms with van der Waals surface area (Å²) in [5.74, 6) is 2.53. The highest BCUT2D eigenvalue weighted by molar-refractivity contribution is 8.21. The fourth-order valence-electron chi connectivity index (χ4n) is 1.33. The quantitative estimate of drug-likeness (QED) is 0.536. The lowest BCUT2D eigenvalue weighted by molar-refractivity contribution is 0.158. The number of oxime groups is 1. The average Bonchev–Trinajstić information content (AvgIpc) is 2.48. The van der Waals surface area contributed by atoms with Crippen molar-refractivity contribution in [2.24, 2.45) is 5.16 Å². The van der Waals surface area contributed by atoms with Gasteiger partial charge in [0.1, 0.15) is 6.61 Å². The standard InChI is InChI=1S/C9H17NOS2/c1-4-11-10-8(2)7-9(3)12-5-6-13-9/h4-7H2,1-3H3/b10-8+. The average molecular weight is 219 g/mol. The van der Waals surface area contributed by atoms with Gasteiger partial charge < -0.3 is 4.84 Å². The smallest absolute Gasteiger partial charge is 0.114 e.